The Morgan fingerprint density at radius 2 is 1.91 bits per heavy atom. The van der Waals surface area contributed by atoms with E-state index in [2.05, 4.69) is 26.5 Å². The molecule has 178 valence electrons. The Morgan fingerprint density at radius 1 is 1.12 bits per heavy atom. The SMILES string of the molecule is Cc1nnc(N[C@H](C)c2cccc3c2OCC3(F)F)c2cc(N3CCC4(CC3)COC4)cnc12. The number of alkyl halides is 2. The zero-order chi connectivity index (χ0) is 23.5. The number of piperidine rings is 1. The van der Waals surface area contributed by atoms with Crippen molar-refractivity contribution in [3.05, 3.63) is 47.3 Å². The Kier molecular flexibility index (Phi) is 4.88. The van der Waals surface area contributed by atoms with Gasteiger partial charge in [0.05, 0.1) is 47.9 Å². The number of aromatic nitrogens is 3. The predicted molar refractivity (Wildman–Crippen MR) is 125 cm³/mol. The van der Waals surface area contributed by atoms with Crippen LogP contribution in [0.15, 0.2) is 30.5 Å². The molecule has 0 saturated carbocycles. The van der Waals surface area contributed by atoms with Gasteiger partial charge < -0.3 is 19.7 Å². The number of ether oxygens (including phenoxy) is 2. The quantitative estimate of drug-likeness (QED) is 0.601. The van der Waals surface area contributed by atoms with Gasteiger partial charge in [-0.15, -0.1) is 5.10 Å². The van der Waals surface area contributed by atoms with Crippen molar-refractivity contribution in [3.63, 3.8) is 0 Å². The summed E-state index contributed by atoms with van der Waals surface area (Å²) in [4.78, 5) is 7.07. The van der Waals surface area contributed by atoms with Gasteiger partial charge >= 0.3 is 5.92 Å². The second kappa shape index (κ2) is 7.73. The number of hydrogen-bond donors (Lipinski definition) is 1. The molecule has 1 N–H and O–H groups in total. The number of halogens is 2. The number of anilines is 2. The molecule has 0 amide bonds. The van der Waals surface area contributed by atoms with Crippen LogP contribution in [0.3, 0.4) is 0 Å². The fourth-order valence-corrected chi connectivity index (χ4v) is 5.22. The second-order valence-corrected chi connectivity index (χ2v) is 9.79. The van der Waals surface area contributed by atoms with E-state index in [-0.39, 0.29) is 17.4 Å². The maximum absolute atomic E-state index is 14.2. The van der Waals surface area contributed by atoms with E-state index in [4.69, 9.17) is 14.5 Å². The molecule has 6 rings (SSSR count). The number of nitrogens with zero attached hydrogens (tertiary/aromatic N) is 4. The van der Waals surface area contributed by atoms with Crippen molar-refractivity contribution in [1.29, 1.82) is 0 Å². The Balaban J connectivity index is 1.30. The van der Waals surface area contributed by atoms with Crippen molar-refractivity contribution >= 4 is 22.4 Å². The van der Waals surface area contributed by atoms with Crippen molar-refractivity contribution in [1.82, 2.24) is 15.2 Å². The Morgan fingerprint density at radius 3 is 2.65 bits per heavy atom. The van der Waals surface area contributed by atoms with Crippen LogP contribution in [0.25, 0.3) is 10.9 Å². The number of benzene rings is 1. The van der Waals surface area contributed by atoms with Gasteiger partial charge in [-0.05, 0) is 38.8 Å². The topological polar surface area (TPSA) is 72.4 Å². The van der Waals surface area contributed by atoms with E-state index in [0.717, 1.165) is 61.4 Å². The average Bonchev–Trinajstić information content (AvgIpc) is 3.14. The molecule has 2 aromatic heterocycles. The van der Waals surface area contributed by atoms with Gasteiger partial charge in [-0.2, -0.15) is 13.9 Å². The van der Waals surface area contributed by atoms with Gasteiger partial charge in [0.25, 0.3) is 0 Å². The lowest BCUT2D eigenvalue weighted by molar-refractivity contribution is -0.124. The summed E-state index contributed by atoms with van der Waals surface area (Å²) in [6.07, 6.45) is 4.13. The van der Waals surface area contributed by atoms with Crippen LogP contribution in [0, 0.1) is 12.3 Å². The lowest BCUT2D eigenvalue weighted by Crippen LogP contribution is -2.50. The number of aryl methyl sites for hydroxylation is 1. The molecule has 0 aliphatic carbocycles. The van der Waals surface area contributed by atoms with Crippen LogP contribution in [-0.2, 0) is 10.7 Å². The van der Waals surface area contributed by atoms with E-state index in [1.165, 1.54) is 6.07 Å². The molecular formula is C25H27F2N5O2. The first-order valence-electron chi connectivity index (χ1n) is 11.7. The van der Waals surface area contributed by atoms with Gasteiger partial charge in [0.1, 0.15) is 5.75 Å². The summed E-state index contributed by atoms with van der Waals surface area (Å²) < 4.78 is 39.2. The van der Waals surface area contributed by atoms with E-state index < -0.39 is 12.5 Å². The first-order valence-corrected chi connectivity index (χ1v) is 11.7. The lowest BCUT2D eigenvalue weighted by atomic mass is 9.77. The number of pyridine rings is 1. The summed E-state index contributed by atoms with van der Waals surface area (Å²) in [5.74, 6) is -2.15. The molecule has 2 fully saturated rings. The predicted octanol–water partition coefficient (Wildman–Crippen LogP) is 4.61. The van der Waals surface area contributed by atoms with Gasteiger partial charge in [0, 0.05) is 29.5 Å². The minimum absolute atomic E-state index is 0.0674. The zero-order valence-corrected chi connectivity index (χ0v) is 19.3. The minimum Gasteiger partial charge on any atom is -0.486 e. The van der Waals surface area contributed by atoms with Crippen LogP contribution in [0.4, 0.5) is 20.3 Å². The van der Waals surface area contributed by atoms with Crippen LogP contribution in [0.1, 0.15) is 42.6 Å². The highest BCUT2D eigenvalue weighted by atomic mass is 19.3. The van der Waals surface area contributed by atoms with Gasteiger partial charge in [0.15, 0.2) is 12.4 Å². The average molecular weight is 468 g/mol. The summed E-state index contributed by atoms with van der Waals surface area (Å²) >= 11 is 0. The number of rotatable bonds is 4. The van der Waals surface area contributed by atoms with Crippen molar-refractivity contribution in [2.75, 3.05) is 43.1 Å². The van der Waals surface area contributed by atoms with E-state index in [1.807, 2.05) is 20.0 Å². The first-order chi connectivity index (χ1) is 16.4. The number of para-hydroxylation sites is 1. The van der Waals surface area contributed by atoms with Crippen LogP contribution in [-0.4, -0.2) is 48.1 Å². The molecule has 1 atom stereocenters. The van der Waals surface area contributed by atoms with E-state index in [9.17, 15) is 8.78 Å². The maximum Gasteiger partial charge on any atom is 0.310 e. The van der Waals surface area contributed by atoms with Gasteiger partial charge in [-0.3, -0.25) is 4.98 Å². The zero-order valence-electron chi connectivity index (χ0n) is 19.3. The highest BCUT2D eigenvalue weighted by molar-refractivity contribution is 5.92. The molecular weight excluding hydrogens is 440 g/mol. The third-order valence-corrected chi connectivity index (χ3v) is 7.43. The molecule has 3 aliphatic heterocycles. The standard InChI is InChI=1S/C25H27F2N5O2/c1-15(18-4-3-5-20-22(18)34-14-25(20,26)27)29-23-19-10-17(11-28-21(19)16(2)30-31-23)32-8-6-24(7-9-32)12-33-13-24/h3-5,10-11,15H,6-9,12-14H2,1-2H3,(H,29,31)/t15-/m1/s1. The second-order valence-electron chi connectivity index (χ2n) is 9.79. The van der Waals surface area contributed by atoms with Crippen molar-refractivity contribution in [3.8, 4) is 5.75 Å². The summed E-state index contributed by atoms with van der Waals surface area (Å²) in [6, 6.07) is 6.66. The molecule has 2 saturated heterocycles. The fraction of sp³-hybridized carbons (Fsp3) is 0.480. The normalized spacial score (nSPS) is 21.1. The Labute approximate surface area is 196 Å². The Hall–Kier alpha value is -3.07. The minimum atomic E-state index is -2.97. The maximum atomic E-state index is 14.2. The van der Waals surface area contributed by atoms with Gasteiger partial charge in [-0.1, -0.05) is 12.1 Å². The summed E-state index contributed by atoms with van der Waals surface area (Å²) in [5, 5.41) is 12.9. The van der Waals surface area contributed by atoms with Crippen LogP contribution in [0.5, 0.6) is 5.75 Å². The lowest BCUT2D eigenvalue weighted by Gasteiger charge is -2.47. The Bertz CT molecular complexity index is 1250. The fourth-order valence-electron chi connectivity index (χ4n) is 5.22. The van der Waals surface area contributed by atoms with Crippen LogP contribution >= 0.6 is 0 Å². The van der Waals surface area contributed by atoms with Crippen molar-refractivity contribution < 1.29 is 18.3 Å². The largest absolute Gasteiger partial charge is 0.486 e. The molecule has 3 aromatic rings. The summed E-state index contributed by atoms with van der Waals surface area (Å²) in [5.41, 5.74) is 3.53. The molecule has 5 heterocycles. The van der Waals surface area contributed by atoms with Gasteiger partial charge in [0.2, 0.25) is 0 Å². The molecule has 3 aliphatic rings. The smallest absolute Gasteiger partial charge is 0.310 e. The van der Waals surface area contributed by atoms with E-state index in [1.54, 1.807) is 12.1 Å². The molecule has 1 aromatic carbocycles. The molecule has 1 spiro atoms. The van der Waals surface area contributed by atoms with Crippen LogP contribution in [0.2, 0.25) is 0 Å². The monoisotopic (exact) mass is 467 g/mol. The number of nitrogens with one attached hydrogen (secondary N) is 1. The van der Waals surface area contributed by atoms with Crippen LogP contribution < -0.4 is 15.0 Å². The highest BCUT2D eigenvalue weighted by Crippen LogP contribution is 2.45. The third kappa shape index (κ3) is 3.45. The number of hydrogen-bond acceptors (Lipinski definition) is 7. The van der Waals surface area contributed by atoms with Gasteiger partial charge in [-0.25, -0.2) is 0 Å². The molecule has 7 nitrogen and oxygen atoms in total. The molecule has 0 radical (unpaired) electrons. The summed E-state index contributed by atoms with van der Waals surface area (Å²) in [7, 11) is 0. The van der Waals surface area contributed by atoms with E-state index in [0.29, 0.717) is 16.8 Å². The molecule has 0 bridgehead atoms. The van der Waals surface area contributed by atoms with Crippen molar-refractivity contribution in [2.45, 2.75) is 38.7 Å². The molecule has 9 heteroatoms. The number of fused-ring (bicyclic) bond motifs is 2. The summed E-state index contributed by atoms with van der Waals surface area (Å²) in [6.45, 7) is 6.84. The van der Waals surface area contributed by atoms with Crippen molar-refractivity contribution in [2.24, 2.45) is 5.41 Å². The van der Waals surface area contributed by atoms with E-state index >= 15 is 0 Å². The highest BCUT2D eigenvalue weighted by Gasteiger charge is 2.43. The first kappa shape index (κ1) is 21.5. The molecule has 34 heavy (non-hydrogen) atoms. The third-order valence-electron chi connectivity index (χ3n) is 7.43. The molecule has 0 unspecified atom stereocenters.